The molecule has 0 saturated carbocycles. The molecule has 3 heterocycles. The van der Waals surface area contributed by atoms with Gasteiger partial charge in [-0.15, -0.1) is 0 Å². The van der Waals surface area contributed by atoms with E-state index in [1.807, 2.05) is 6.07 Å². The Hall–Kier alpha value is -2.85. The topological polar surface area (TPSA) is 103 Å². The molecule has 4 rings (SSSR count). The van der Waals surface area contributed by atoms with Gasteiger partial charge in [-0.1, -0.05) is 32.8 Å². The first-order valence-electron chi connectivity index (χ1n) is 8.58. The van der Waals surface area contributed by atoms with E-state index in [1.54, 1.807) is 43.5 Å². The molecular weight excluding hydrogens is 460 g/mol. The smallest absolute Gasteiger partial charge is 0.262 e. The zero-order chi connectivity index (χ0) is 20.4. The van der Waals surface area contributed by atoms with Crippen LogP contribution in [-0.4, -0.2) is 26.4 Å². The van der Waals surface area contributed by atoms with Crippen molar-refractivity contribution in [3.8, 4) is 0 Å². The standard InChI is InChI=1S/C19H15BrN4O4S/c1-11-7-16(23-28-11)22-17(25)10-29-19-21-15-5-4-12(20)8-14(15)18(26)24(19)9-13-3-2-6-27-13/h2-8H,9-10H2,1H3,(H,22,23,25). The van der Waals surface area contributed by atoms with Crippen LogP contribution in [0.25, 0.3) is 10.9 Å². The molecule has 29 heavy (non-hydrogen) atoms. The molecule has 0 fully saturated rings. The van der Waals surface area contributed by atoms with Crippen LogP contribution in [-0.2, 0) is 11.3 Å². The number of rotatable bonds is 6. The van der Waals surface area contributed by atoms with Crippen LogP contribution in [0.1, 0.15) is 11.5 Å². The highest BCUT2D eigenvalue weighted by atomic mass is 79.9. The fourth-order valence-corrected chi connectivity index (χ4v) is 3.87. The van der Waals surface area contributed by atoms with Crippen molar-refractivity contribution in [1.29, 1.82) is 0 Å². The first-order valence-corrected chi connectivity index (χ1v) is 10.4. The van der Waals surface area contributed by atoms with Crippen molar-refractivity contribution in [2.24, 2.45) is 0 Å². The number of nitrogens with zero attached hydrogens (tertiary/aromatic N) is 3. The van der Waals surface area contributed by atoms with Gasteiger partial charge in [-0.05, 0) is 37.3 Å². The monoisotopic (exact) mass is 474 g/mol. The number of carbonyl (C=O) groups excluding carboxylic acids is 1. The molecule has 3 aromatic heterocycles. The minimum absolute atomic E-state index is 0.0541. The number of furan rings is 1. The Kier molecular flexibility index (Phi) is 5.54. The third-order valence-electron chi connectivity index (χ3n) is 4.00. The molecule has 0 aliphatic heterocycles. The van der Waals surface area contributed by atoms with E-state index in [4.69, 9.17) is 8.94 Å². The molecule has 1 N–H and O–H groups in total. The summed E-state index contributed by atoms with van der Waals surface area (Å²) >= 11 is 4.55. The summed E-state index contributed by atoms with van der Waals surface area (Å²) in [6.07, 6.45) is 1.55. The van der Waals surface area contributed by atoms with Gasteiger partial charge in [0.2, 0.25) is 5.91 Å². The number of fused-ring (bicyclic) bond motifs is 1. The number of carbonyl (C=O) groups is 1. The quantitative estimate of drug-likeness (QED) is 0.334. The van der Waals surface area contributed by atoms with E-state index in [9.17, 15) is 9.59 Å². The number of amides is 1. The summed E-state index contributed by atoms with van der Waals surface area (Å²) in [5, 5.41) is 7.30. The third-order valence-corrected chi connectivity index (χ3v) is 5.47. The Morgan fingerprint density at radius 1 is 1.31 bits per heavy atom. The van der Waals surface area contributed by atoms with Crippen LogP contribution in [0.4, 0.5) is 5.82 Å². The van der Waals surface area contributed by atoms with E-state index < -0.39 is 0 Å². The van der Waals surface area contributed by atoms with E-state index >= 15 is 0 Å². The van der Waals surface area contributed by atoms with Crippen LogP contribution >= 0.6 is 27.7 Å². The summed E-state index contributed by atoms with van der Waals surface area (Å²) in [7, 11) is 0. The predicted octanol–water partition coefficient (Wildman–Crippen LogP) is 3.83. The number of aromatic nitrogens is 3. The second kappa shape index (κ2) is 8.26. The van der Waals surface area contributed by atoms with E-state index in [-0.39, 0.29) is 23.8 Å². The molecule has 4 aromatic rings. The van der Waals surface area contributed by atoms with Gasteiger partial charge in [0.05, 0.1) is 29.5 Å². The largest absolute Gasteiger partial charge is 0.467 e. The van der Waals surface area contributed by atoms with Gasteiger partial charge >= 0.3 is 0 Å². The first-order chi connectivity index (χ1) is 14.0. The van der Waals surface area contributed by atoms with Crippen molar-refractivity contribution in [2.75, 3.05) is 11.1 Å². The number of hydrogen-bond donors (Lipinski definition) is 1. The first kappa shape index (κ1) is 19.5. The maximum absolute atomic E-state index is 13.1. The Bertz CT molecular complexity index is 1230. The van der Waals surface area contributed by atoms with Crippen LogP contribution in [0, 0.1) is 6.92 Å². The zero-order valence-electron chi connectivity index (χ0n) is 15.2. The molecule has 0 spiro atoms. The molecular formula is C19H15BrN4O4S. The Morgan fingerprint density at radius 3 is 2.90 bits per heavy atom. The van der Waals surface area contributed by atoms with E-state index in [1.165, 1.54) is 4.57 Å². The lowest BCUT2D eigenvalue weighted by Crippen LogP contribution is -2.24. The molecule has 1 amide bonds. The van der Waals surface area contributed by atoms with Crippen molar-refractivity contribution in [3.63, 3.8) is 0 Å². The maximum atomic E-state index is 13.1. The molecule has 0 aliphatic rings. The van der Waals surface area contributed by atoms with E-state index in [0.29, 0.717) is 33.4 Å². The second-order valence-corrected chi connectivity index (χ2v) is 8.04. The van der Waals surface area contributed by atoms with Crippen LogP contribution < -0.4 is 10.9 Å². The second-order valence-electron chi connectivity index (χ2n) is 6.19. The van der Waals surface area contributed by atoms with Gasteiger partial charge < -0.3 is 14.3 Å². The molecule has 0 bridgehead atoms. The summed E-state index contributed by atoms with van der Waals surface area (Å²) in [4.78, 5) is 29.9. The minimum Gasteiger partial charge on any atom is -0.467 e. The number of hydrogen-bond acceptors (Lipinski definition) is 7. The molecule has 0 aliphatic carbocycles. The van der Waals surface area contributed by atoms with Crippen molar-refractivity contribution >= 4 is 50.3 Å². The molecule has 0 radical (unpaired) electrons. The van der Waals surface area contributed by atoms with Crippen LogP contribution in [0.3, 0.4) is 0 Å². The fraction of sp³-hybridized carbons (Fsp3) is 0.158. The average Bonchev–Trinajstić information content (AvgIpc) is 3.35. The van der Waals surface area contributed by atoms with Gasteiger partial charge in [0.1, 0.15) is 11.5 Å². The van der Waals surface area contributed by atoms with Crippen LogP contribution in [0.2, 0.25) is 0 Å². The summed E-state index contributed by atoms with van der Waals surface area (Å²) in [6.45, 7) is 1.95. The van der Waals surface area contributed by atoms with Gasteiger partial charge in [-0.2, -0.15) is 0 Å². The van der Waals surface area contributed by atoms with E-state index in [0.717, 1.165) is 16.2 Å². The Morgan fingerprint density at radius 2 is 2.17 bits per heavy atom. The lowest BCUT2D eigenvalue weighted by Gasteiger charge is -2.12. The Labute approximate surface area is 177 Å². The molecule has 1 aromatic carbocycles. The highest BCUT2D eigenvalue weighted by molar-refractivity contribution is 9.10. The fourth-order valence-electron chi connectivity index (χ4n) is 2.72. The number of halogens is 1. The van der Waals surface area contributed by atoms with Gasteiger partial charge in [-0.3, -0.25) is 14.2 Å². The number of nitrogens with one attached hydrogen (secondary N) is 1. The summed E-state index contributed by atoms with van der Waals surface area (Å²) < 4.78 is 12.6. The number of thioether (sulfide) groups is 1. The van der Waals surface area contributed by atoms with Crippen molar-refractivity contribution < 1.29 is 13.7 Å². The summed E-state index contributed by atoms with van der Waals surface area (Å²) in [5.41, 5.74) is 0.353. The molecule has 148 valence electrons. The summed E-state index contributed by atoms with van der Waals surface area (Å²) in [5.74, 6) is 1.34. The summed E-state index contributed by atoms with van der Waals surface area (Å²) in [6, 6.07) is 10.5. The predicted molar refractivity (Wildman–Crippen MR) is 112 cm³/mol. The Balaban J connectivity index is 1.63. The highest BCUT2D eigenvalue weighted by Crippen LogP contribution is 2.22. The van der Waals surface area contributed by atoms with Crippen LogP contribution in [0.15, 0.2) is 66.0 Å². The number of anilines is 1. The molecule has 0 atom stereocenters. The highest BCUT2D eigenvalue weighted by Gasteiger charge is 2.15. The van der Waals surface area contributed by atoms with Crippen LogP contribution in [0.5, 0.6) is 0 Å². The van der Waals surface area contributed by atoms with Gasteiger partial charge in [0, 0.05) is 10.5 Å². The molecule has 0 unspecified atom stereocenters. The molecule has 0 saturated heterocycles. The molecule has 10 heteroatoms. The van der Waals surface area contributed by atoms with Crippen molar-refractivity contribution in [3.05, 3.63) is 69.0 Å². The molecule has 8 nitrogen and oxygen atoms in total. The van der Waals surface area contributed by atoms with Crippen molar-refractivity contribution in [2.45, 2.75) is 18.6 Å². The normalized spacial score (nSPS) is 11.1. The lowest BCUT2D eigenvalue weighted by atomic mass is 10.2. The van der Waals surface area contributed by atoms with Gasteiger partial charge in [0.15, 0.2) is 11.0 Å². The van der Waals surface area contributed by atoms with Crippen molar-refractivity contribution in [1.82, 2.24) is 14.7 Å². The number of benzene rings is 1. The van der Waals surface area contributed by atoms with E-state index in [2.05, 4.69) is 31.4 Å². The SMILES string of the molecule is Cc1cc(NC(=O)CSc2nc3ccc(Br)cc3c(=O)n2Cc2ccco2)no1. The van der Waals surface area contributed by atoms with Gasteiger partial charge in [0.25, 0.3) is 5.56 Å². The maximum Gasteiger partial charge on any atom is 0.262 e. The average molecular weight is 475 g/mol. The third kappa shape index (κ3) is 4.43. The lowest BCUT2D eigenvalue weighted by molar-refractivity contribution is -0.113. The number of aryl methyl sites for hydroxylation is 1. The van der Waals surface area contributed by atoms with Gasteiger partial charge in [-0.25, -0.2) is 4.98 Å². The zero-order valence-corrected chi connectivity index (χ0v) is 17.6. The minimum atomic E-state index is -0.280.